The zero-order valence-electron chi connectivity index (χ0n) is 37.0. The lowest BCUT2D eigenvalue weighted by atomic mass is 9.47. The molecule has 0 aromatic heterocycles. The van der Waals surface area contributed by atoms with Gasteiger partial charge in [0.1, 0.15) is 17.6 Å². The average Bonchev–Trinajstić information content (AvgIpc) is 3.52. The van der Waals surface area contributed by atoms with Gasteiger partial charge in [-0.2, -0.15) is 0 Å². The Balaban J connectivity index is 1.10. The molecule has 0 aromatic rings. The average molecular weight is 833 g/mol. The lowest BCUT2D eigenvalue weighted by molar-refractivity contribution is -0.311. The second-order valence-corrected chi connectivity index (χ2v) is 21.3. The number of unbranched alkanes of at least 4 members (excludes halogenated alkanes) is 3. The van der Waals surface area contributed by atoms with Gasteiger partial charge in [-0.25, -0.2) is 0 Å². The van der Waals surface area contributed by atoms with E-state index in [1.807, 2.05) is 0 Å². The molecule has 330 valence electrons. The lowest BCUT2D eigenvalue weighted by Gasteiger charge is -2.58. The van der Waals surface area contributed by atoms with E-state index in [4.69, 9.17) is 9.47 Å². The predicted octanol–water partition coefficient (Wildman–Crippen LogP) is 7.34. The third-order valence-corrected chi connectivity index (χ3v) is 17.6. The van der Waals surface area contributed by atoms with Crippen molar-refractivity contribution in [2.45, 2.75) is 199 Å². The summed E-state index contributed by atoms with van der Waals surface area (Å²) in [5.74, 6) is 0.738. The first kappa shape index (κ1) is 47.6. The number of fused-ring (bicyclic) bond motifs is 5. The van der Waals surface area contributed by atoms with Gasteiger partial charge in [0.05, 0.1) is 6.10 Å². The summed E-state index contributed by atoms with van der Waals surface area (Å²) >= 11 is 0.924. The number of aliphatic hydroxyl groups excluding tert-OH is 1. The molecule has 4 fully saturated rings. The van der Waals surface area contributed by atoms with E-state index in [0.29, 0.717) is 24.2 Å². The number of allylic oxidation sites excluding steroid dienone is 1. The van der Waals surface area contributed by atoms with Crippen molar-refractivity contribution in [1.82, 2.24) is 0 Å². The molecular weight excluding hydrogens is 757 g/mol. The highest BCUT2D eigenvalue weighted by Gasteiger charge is 2.79. The lowest BCUT2D eigenvalue weighted by Crippen LogP contribution is -2.86. The minimum Gasteiger partial charge on any atom is -0.382 e. The van der Waals surface area contributed by atoms with E-state index in [9.17, 15) is 39.6 Å². The number of ketones is 4. The van der Waals surface area contributed by atoms with E-state index in [1.54, 1.807) is 5.57 Å². The van der Waals surface area contributed by atoms with Crippen LogP contribution in [-0.2, 0) is 28.7 Å². The molecule has 4 aliphatic carbocycles. The van der Waals surface area contributed by atoms with Crippen LogP contribution in [0, 0.1) is 46.3 Å². The Labute approximate surface area is 352 Å². The molecule has 1 saturated heterocycles. The van der Waals surface area contributed by atoms with Crippen LogP contribution >= 0.6 is 11.8 Å². The fraction of sp³-hybridized carbons (Fsp3) is 0.872. The van der Waals surface area contributed by atoms with Gasteiger partial charge < -0.3 is 29.9 Å². The minimum atomic E-state index is -3.39. The second-order valence-electron chi connectivity index (χ2n) is 20.2. The molecule has 1 aliphatic heterocycles. The molecule has 4 N–H and O–H groups in total. The first-order valence-corrected chi connectivity index (χ1v) is 23.6. The minimum absolute atomic E-state index is 0.238. The van der Waals surface area contributed by atoms with Crippen LogP contribution in [0.15, 0.2) is 11.6 Å². The van der Waals surface area contributed by atoms with Crippen LogP contribution in [0.25, 0.3) is 0 Å². The number of ether oxygens (including phenoxy) is 2. The normalized spacial score (nSPS) is 40.9. The monoisotopic (exact) mass is 833 g/mol. The standard InChI is InChI=1S/C47H76O10S/c1-28(2)15-14-16-29(3)37-19-20-38-36-18-17-34-27-35(21-23-43(34,8)39(36)22-24-44(37,38)9)56-25-12-10-11-13-26-58-42-46(54,32(6)50)47(55,33(7)51)45(53,31(5)49)41(57-42)40(52)30(4)48/h17,28-29,35-42,52-55H,10-16,18-27H2,1-9H3/t29-,35+,36?,37-,38?,39?,40?,41-,42+,43+,44-,45-,46+,47+/m1/s1. The highest BCUT2D eigenvalue weighted by Crippen LogP contribution is 2.67. The fourth-order valence-electron chi connectivity index (χ4n) is 12.9. The van der Waals surface area contributed by atoms with E-state index in [2.05, 4.69) is 40.7 Å². The van der Waals surface area contributed by atoms with Crippen molar-refractivity contribution >= 4 is 34.9 Å². The number of hydrogen-bond acceptors (Lipinski definition) is 11. The van der Waals surface area contributed by atoms with E-state index < -0.39 is 57.6 Å². The summed E-state index contributed by atoms with van der Waals surface area (Å²) in [6, 6.07) is 0. The van der Waals surface area contributed by atoms with Crippen molar-refractivity contribution in [2.24, 2.45) is 46.3 Å². The van der Waals surface area contributed by atoms with Crippen LogP contribution in [0.4, 0.5) is 0 Å². The molecule has 0 amide bonds. The largest absolute Gasteiger partial charge is 0.382 e. The third-order valence-electron chi connectivity index (χ3n) is 16.3. The molecule has 3 saturated carbocycles. The van der Waals surface area contributed by atoms with Crippen molar-refractivity contribution < 1.29 is 49.1 Å². The number of Topliss-reactive ketones (excluding diaryl/α,β-unsaturated/α-hetero) is 4. The summed E-state index contributed by atoms with van der Waals surface area (Å²) in [7, 11) is 0. The van der Waals surface area contributed by atoms with E-state index in [-0.39, 0.29) is 11.5 Å². The van der Waals surface area contributed by atoms with Gasteiger partial charge in [0.15, 0.2) is 34.3 Å². The number of aliphatic hydroxyl groups is 4. The Morgan fingerprint density at radius 2 is 1.50 bits per heavy atom. The maximum absolute atomic E-state index is 13.0. The maximum atomic E-state index is 13.0. The summed E-state index contributed by atoms with van der Waals surface area (Å²) in [6.45, 7) is 16.7. The smallest absolute Gasteiger partial charge is 0.200 e. The molecule has 4 unspecified atom stereocenters. The number of rotatable bonds is 19. The Morgan fingerprint density at radius 1 is 0.828 bits per heavy atom. The highest BCUT2D eigenvalue weighted by molar-refractivity contribution is 7.99. The molecule has 58 heavy (non-hydrogen) atoms. The summed E-state index contributed by atoms with van der Waals surface area (Å²) < 4.78 is 12.2. The zero-order chi connectivity index (χ0) is 43.0. The van der Waals surface area contributed by atoms with Crippen molar-refractivity contribution in [3.05, 3.63) is 11.6 Å². The van der Waals surface area contributed by atoms with Gasteiger partial charge in [-0.1, -0.05) is 78.4 Å². The van der Waals surface area contributed by atoms with E-state index >= 15 is 0 Å². The van der Waals surface area contributed by atoms with Crippen LogP contribution in [-0.4, -0.2) is 96.5 Å². The molecule has 0 bridgehead atoms. The molecule has 0 radical (unpaired) electrons. The molecule has 5 aliphatic rings. The number of carbonyl (C=O) groups excluding carboxylic acids is 4. The van der Waals surface area contributed by atoms with Gasteiger partial charge in [0.2, 0.25) is 5.60 Å². The topological polar surface area (TPSA) is 168 Å². The van der Waals surface area contributed by atoms with Gasteiger partial charge >= 0.3 is 0 Å². The van der Waals surface area contributed by atoms with Crippen LogP contribution in [0.3, 0.4) is 0 Å². The van der Waals surface area contributed by atoms with Crippen LogP contribution in [0.1, 0.15) is 159 Å². The summed E-state index contributed by atoms with van der Waals surface area (Å²) in [6.07, 6.45) is 16.0. The summed E-state index contributed by atoms with van der Waals surface area (Å²) in [5.41, 5.74) is -8.96. The van der Waals surface area contributed by atoms with Crippen molar-refractivity contribution in [2.75, 3.05) is 12.4 Å². The Hall–Kier alpha value is -1.47. The Bertz CT molecular complexity index is 1550. The second kappa shape index (κ2) is 18.5. The predicted molar refractivity (Wildman–Crippen MR) is 226 cm³/mol. The summed E-state index contributed by atoms with van der Waals surface area (Å²) in [4.78, 5) is 50.9. The molecular formula is C47H76O10S. The molecule has 14 atom stereocenters. The first-order valence-electron chi connectivity index (χ1n) is 22.6. The zero-order valence-corrected chi connectivity index (χ0v) is 37.8. The van der Waals surface area contributed by atoms with Gasteiger partial charge in [-0.15, -0.1) is 11.8 Å². The van der Waals surface area contributed by atoms with Crippen LogP contribution < -0.4 is 0 Å². The van der Waals surface area contributed by atoms with Gasteiger partial charge in [-0.3, -0.25) is 19.2 Å². The maximum Gasteiger partial charge on any atom is 0.200 e. The van der Waals surface area contributed by atoms with Crippen molar-refractivity contribution in [1.29, 1.82) is 0 Å². The Morgan fingerprint density at radius 3 is 2.12 bits per heavy atom. The number of hydrogen-bond donors (Lipinski definition) is 4. The Kier molecular flexibility index (Phi) is 15.2. The third kappa shape index (κ3) is 8.26. The van der Waals surface area contributed by atoms with Gasteiger partial charge in [-0.05, 0) is 144 Å². The molecule has 5 rings (SSSR count). The quantitative estimate of drug-likeness (QED) is 0.0760. The number of thioether (sulfide) groups is 1. The fourth-order valence-corrected chi connectivity index (χ4v) is 14.2. The SMILES string of the molecule is CC(=O)C(O)[C@H]1O[C@@H](SCCCCCCO[C@H]2CC[C@@]3(C)C(=CCC4C3CC[C@@]3(C)C4CC[C@@H]3[C@H](C)CCCC(C)C)C2)[C@@](O)(C(C)=O)[C@](O)(C(C)=O)[C@@]1(O)C(C)=O. The van der Waals surface area contributed by atoms with Crippen LogP contribution in [0.2, 0.25) is 0 Å². The molecule has 1 heterocycles. The van der Waals surface area contributed by atoms with E-state index in [0.717, 1.165) is 107 Å². The summed E-state index contributed by atoms with van der Waals surface area (Å²) in [5, 5.41) is 45.6. The first-order chi connectivity index (χ1) is 27.1. The molecule has 0 aromatic carbocycles. The van der Waals surface area contributed by atoms with Crippen LogP contribution in [0.5, 0.6) is 0 Å². The van der Waals surface area contributed by atoms with Crippen molar-refractivity contribution in [3.63, 3.8) is 0 Å². The van der Waals surface area contributed by atoms with Gasteiger partial charge in [0.25, 0.3) is 0 Å². The molecule has 0 spiro atoms. The van der Waals surface area contributed by atoms with Crippen molar-refractivity contribution in [3.8, 4) is 0 Å². The van der Waals surface area contributed by atoms with Gasteiger partial charge in [0, 0.05) is 6.61 Å². The molecule has 10 nitrogen and oxygen atoms in total. The highest BCUT2D eigenvalue weighted by atomic mass is 32.2. The van der Waals surface area contributed by atoms with E-state index in [1.165, 1.54) is 57.8 Å². The molecule has 11 heteroatoms. The number of carbonyl (C=O) groups is 4.